The summed E-state index contributed by atoms with van der Waals surface area (Å²) in [6.45, 7) is 7.53. The zero-order chi connectivity index (χ0) is 7.11. The van der Waals surface area contributed by atoms with E-state index in [9.17, 15) is 0 Å². The van der Waals surface area contributed by atoms with Gasteiger partial charge >= 0.3 is 0 Å². The predicted molar refractivity (Wildman–Crippen MR) is 49.6 cm³/mol. The van der Waals surface area contributed by atoms with E-state index in [1.807, 2.05) is 0 Å². The first-order valence-electron chi connectivity index (χ1n) is 3.71. The van der Waals surface area contributed by atoms with Crippen molar-refractivity contribution >= 4 is 12.4 Å². The van der Waals surface area contributed by atoms with Crippen molar-refractivity contribution in [3.8, 4) is 0 Å². The average Bonchev–Trinajstić information content (AvgIpc) is 1.85. The number of rotatable bonds is 4. The number of allylic oxidation sites excluding steroid dienone is 2. The van der Waals surface area contributed by atoms with Crippen LogP contribution >= 0.6 is 12.4 Å². The molecule has 0 saturated heterocycles. The van der Waals surface area contributed by atoms with Crippen LogP contribution in [0.3, 0.4) is 0 Å². The predicted octanol–water partition coefficient (Wildman–Crippen LogP) is 2.72. The lowest BCUT2D eigenvalue weighted by Gasteiger charge is -2.02. The van der Waals surface area contributed by atoms with Crippen LogP contribution < -0.4 is 5.32 Å². The van der Waals surface area contributed by atoms with Crippen molar-refractivity contribution in [1.82, 2.24) is 5.32 Å². The van der Waals surface area contributed by atoms with Crippen molar-refractivity contribution in [1.29, 1.82) is 0 Å². The third-order valence-corrected chi connectivity index (χ3v) is 1.16. The van der Waals surface area contributed by atoms with Crippen LogP contribution in [0.2, 0.25) is 0 Å². The smallest absolute Gasteiger partial charge is 0.0141 e. The maximum atomic E-state index is 3.29. The van der Waals surface area contributed by atoms with Gasteiger partial charge in [-0.1, -0.05) is 19.9 Å². The van der Waals surface area contributed by atoms with Crippen molar-refractivity contribution in [3.63, 3.8) is 0 Å². The molecule has 0 atom stereocenters. The van der Waals surface area contributed by atoms with Crippen molar-refractivity contribution in [3.05, 3.63) is 11.8 Å². The first-order valence-corrected chi connectivity index (χ1v) is 3.71. The van der Waals surface area contributed by atoms with Crippen LogP contribution in [0.25, 0.3) is 0 Å². The van der Waals surface area contributed by atoms with Crippen molar-refractivity contribution in [2.45, 2.75) is 33.6 Å². The molecule has 0 rings (SSSR count). The Morgan fingerprint density at radius 2 is 2.00 bits per heavy atom. The summed E-state index contributed by atoms with van der Waals surface area (Å²) in [5.41, 5.74) is 1.30. The molecule has 0 aliphatic carbocycles. The van der Waals surface area contributed by atoms with Crippen molar-refractivity contribution < 1.29 is 0 Å². The SMILES string of the molecule is CC/C=C(\C)NCCC.Cl. The van der Waals surface area contributed by atoms with Crippen LogP contribution in [0.4, 0.5) is 0 Å². The van der Waals surface area contributed by atoms with Gasteiger partial charge in [-0.15, -0.1) is 12.4 Å². The molecule has 0 heterocycles. The van der Waals surface area contributed by atoms with Crippen molar-refractivity contribution in [2.75, 3.05) is 6.54 Å². The molecule has 62 valence electrons. The molecule has 1 nitrogen and oxygen atoms in total. The molecule has 0 aliphatic heterocycles. The second-order valence-corrected chi connectivity index (χ2v) is 2.22. The molecule has 0 amide bonds. The van der Waals surface area contributed by atoms with Gasteiger partial charge in [0.15, 0.2) is 0 Å². The van der Waals surface area contributed by atoms with Crippen molar-refractivity contribution in [2.24, 2.45) is 0 Å². The zero-order valence-electron chi connectivity index (χ0n) is 7.11. The first kappa shape index (κ1) is 12.5. The number of halogens is 1. The molecular formula is C8H18ClN. The minimum atomic E-state index is 0. The maximum Gasteiger partial charge on any atom is 0.0141 e. The average molecular weight is 164 g/mol. The number of nitrogens with one attached hydrogen (secondary N) is 1. The van der Waals surface area contributed by atoms with E-state index in [1.165, 1.54) is 12.1 Å². The molecule has 0 aromatic carbocycles. The minimum Gasteiger partial charge on any atom is -0.389 e. The van der Waals surface area contributed by atoms with Gasteiger partial charge in [-0.2, -0.15) is 0 Å². The molecule has 1 N–H and O–H groups in total. The second-order valence-electron chi connectivity index (χ2n) is 2.22. The summed E-state index contributed by atoms with van der Waals surface area (Å²) in [6, 6.07) is 0. The van der Waals surface area contributed by atoms with Gasteiger partial charge < -0.3 is 5.32 Å². The fraction of sp³-hybridized carbons (Fsp3) is 0.750. The molecule has 0 bridgehead atoms. The number of hydrogen-bond acceptors (Lipinski definition) is 1. The fourth-order valence-corrected chi connectivity index (χ4v) is 0.701. The lowest BCUT2D eigenvalue weighted by molar-refractivity contribution is 0.765. The lowest BCUT2D eigenvalue weighted by atomic mass is 10.3. The van der Waals surface area contributed by atoms with Crippen LogP contribution in [0.15, 0.2) is 11.8 Å². The molecule has 0 unspecified atom stereocenters. The van der Waals surface area contributed by atoms with E-state index in [-0.39, 0.29) is 12.4 Å². The third kappa shape index (κ3) is 7.83. The van der Waals surface area contributed by atoms with Crippen LogP contribution in [-0.2, 0) is 0 Å². The first-order chi connectivity index (χ1) is 4.31. The highest BCUT2D eigenvalue weighted by Crippen LogP contribution is 1.88. The molecule has 0 saturated carbocycles. The quantitative estimate of drug-likeness (QED) is 0.672. The monoisotopic (exact) mass is 163 g/mol. The fourth-order valence-electron chi connectivity index (χ4n) is 0.701. The molecule has 0 aromatic heterocycles. The molecule has 0 fully saturated rings. The summed E-state index contributed by atoms with van der Waals surface area (Å²) >= 11 is 0. The van der Waals surface area contributed by atoms with E-state index in [0.29, 0.717) is 0 Å². The van der Waals surface area contributed by atoms with Gasteiger partial charge in [0.2, 0.25) is 0 Å². The summed E-state index contributed by atoms with van der Waals surface area (Å²) in [4.78, 5) is 0. The highest BCUT2D eigenvalue weighted by Gasteiger charge is 1.81. The Balaban J connectivity index is 0. The van der Waals surface area contributed by atoms with Crippen LogP contribution in [-0.4, -0.2) is 6.54 Å². The Morgan fingerprint density at radius 1 is 1.40 bits per heavy atom. The third-order valence-electron chi connectivity index (χ3n) is 1.16. The Labute approximate surface area is 70.3 Å². The molecule has 0 radical (unpaired) electrons. The molecule has 2 heteroatoms. The molecule has 0 spiro atoms. The zero-order valence-corrected chi connectivity index (χ0v) is 7.92. The van der Waals surface area contributed by atoms with E-state index in [2.05, 4.69) is 32.2 Å². The normalized spacial score (nSPS) is 10.5. The van der Waals surface area contributed by atoms with Gasteiger partial charge in [0.05, 0.1) is 0 Å². The van der Waals surface area contributed by atoms with Gasteiger partial charge in [-0.05, 0) is 19.8 Å². The Hall–Kier alpha value is -0.170. The molecule has 10 heavy (non-hydrogen) atoms. The van der Waals surface area contributed by atoms with Crippen LogP contribution in [0, 0.1) is 0 Å². The van der Waals surface area contributed by atoms with Gasteiger partial charge in [0.1, 0.15) is 0 Å². The largest absolute Gasteiger partial charge is 0.389 e. The Bertz CT molecular complexity index is 89.3. The van der Waals surface area contributed by atoms with E-state index >= 15 is 0 Å². The topological polar surface area (TPSA) is 12.0 Å². The summed E-state index contributed by atoms with van der Waals surface area (Å²) in [5, 5.41) is 3.29. The van der Waals surface area contributed by atoms with Crippen LogP contribution in [0.5, 0.6) is 0 Å². The van der Waals surface area contributed by atoms with E-state index in [0.717, 1.165) is 13.0 Å². The molecule has 0 aromatic rings. The molecule has 0 aliphatic rings. The van der Waals surface area contributed by atoms with Crippen LogP contribution in [0.1, 0.15) is 33.6 Å². The highest BCUT2D eigenvalue weighted by atomic mass is 35.5. The summed E-state index contributed by atoms with van der Waals surface area (Å²) in [7, 11) is 0. The standard InChI is InChI=1S/C8H17N.ClH/c1-4-6-8(3)9-7-5-2;/h6,9H,4-5,7H2,1-3H3;1H/b8-6+;. The van der Waals surface area contributed by atoms with E-state index < -0.39 is 0 Å². The number of hydrogen-bond donors (Lipinski definition) is 1. The van der Waals surface area contributed by atoms with Gasteiger partial charge in [-0.3, -0.25) is 0 Å². The second kappa shape index (κ2) is 8.83. The Morgan fingerprint density at radius 3 is 2.40 bits per heavy atom. The van der Waals surface area contributed by atoms with Gasteiger partial charge in [0, 0.05) is 12.2 Å². The minimum absolute atomic E-state index is 0. The van der Waals surface area contributed by atoms with E-state index in [4.69, 9.17) is 0 Å². The van der Waals surface area contributed by atoms with E-state index in [1.54, 1.807) is 0 Å². The summed E-state index contributed by atoms with van der Waals surface area (Å²) < 4.78 is 0. The van der Waals surface area contributed by atoms with Gasteiger partial charge in [-0.25, -0.2) is 0 Å². The maximum absolute atomic E-state index is 3.29. The lowest BCUT2D eigenvalue weighted by Crippen LogP contribution is -2.11. The Kier molecular flexibility index (Phi) is 11.0. The summed E-state index contributed by atoms with van der Waals surface area (Å²) in [6.07, 6.45) is 4.53. The summed E-state index contributed by atoms with van der Waals surface area (Å²) in [5.74, 6) is 0. The highest BCUT2D eigenvalue weighted by molar-refractivity contribution is 5.85. The van der Waals surface area contributed by atoms with Gasteiger partial charge in [0.25, 0.3) is 0 Å². The molecular weight excluding hydrogens is 146 g/mol.